The van der Waals surface area contributed by atoms with Gasteiger partial charge in [-0.2, -0.15) is 0 Å². The van der Waals surface area contributed by atoms with E-state index in [4.69, 9.17) is 10.8 Å². The van der Waals surface area contributed by atoms with E-state index in [0.29, 0.717) is 11.4 Å². The van der Waals surface area contributed by atoms with E-state index in [0.717, 1.165) is 0 Å². The Hall–Kier alpha value is -2.56. The maximum atomic E-state index is 13.2. The highest BCUT2D eigenvalue weighted by molar-refractivity contribution is 5.97. The van der Waals surface area contributed by atoms with Crippen molar-refractivity contribution in [1.29, 1.82) is 0 Å². The van der Waals surface area contributed by atoms with Crippen LogP contribution in [-0.4, -0.2) is 18.1 Å². The molecule has 0 saturated heterocycles. The Balaban J connectivity index is 2.47. The van der Waals surface area contributed by atoms with Crippen molar-refractivity contribution in [3.05, 3.63) is 53.8 Å². The molecule has 2 aromatic rings. The van der Waals surface area contributed by atoms with Crippen molar-refractivity contribution >= 4 is 23.0 Å². The van der Waals surface area contributed by atoms with Crippen molar-refractivity contribution in [3.63, 3.8) is 0 Å². The summed E-state index contributed by atoms with van der Waals surface area (Å²) in [5.74, 6) is -1.45. The van der Waals surface area contributed by atoms with Crippen molar-refractivity contribution in [2.75, 3.05) is 17.7 Å². The maximum absolute atomic E-state index is 13.2. The Labute approximate surface area is 109 Å². The van der Waals surface area contributed by atoms with Crippen LogP contribution < -0.4 is 10.6 Å². The van der Waals surface area contributed by atoms with Gasteiger partial charge in [-0.3, -0.25) is 0 Å². The van der Waals surface area contributed by atoms with Crippen molar-refractivity contribution in [2.24, 2.45) is 0 Å². The lowest BCUT2D eigenvalue weighted by Crippen LogP contribution is -2.14. The number of hydrogen-bond donors (Lipinski definition) is 2. The first kappa shape index (κ1) is 12.9. The molecule has 5 heteroatoms. The number of benzene rings is 2. The Morgan fingerprint density at radius 2 is 1.95 bits per heavy atom. The molecule has 0 aliphatic heterocycles. The zero-order valence-corrected chi connectivity index (χ0v) is 10.3. The molecule has 0 saturated carbocycles. The van der Waals surface area contributed by atoms with Crippen molar-refractivity contribution in [2.45, 2.75) is 0 Å². The molecule has 0 radical (unpaired) electrons. The van der Waals surface area contributed by atoms with Crippen LogP contribution in [0, 0.1) is 5.82 Å². The van der Waals surface area contributed by atoms with Gasteiger partial charge in [0.1, 0.15) is 5.82 Å². The standard InChI is InChI=1S/C14H13FN2O2/c1-17(10-5-2-4-9(15)8-10)12-7-3-6-11(13(12)16)14(18)19/h2-8H,16H2,1H3,(H,18,19). The molecular formula is C14H13FN2O2. The zero-order chi connectivity index (χ0) is 14.0. The van der Waals surface area contributed by atoms with Crippen LogP contribution in [0.1, 0.15) is 10.4 Å². The van der Waals surface area contributed by atoms with Gasteiger partial charge in [0.15, 0.2) is 0 Å². The highest BCUT2D eigenvalue weighted by Crippen LogP contribution is 2.31. The molecule has 3 N–H and O–H groups in total. The number of nitrogens with zero attached hydrogens (tertiary/aromatic N) is 1. The van der Waals surface area contributed by atoms with Crippen LogP contribution in [0.4, 0.5) is 21.5 Å². The molecule has 2 rings (SSSR count). The smallest absolute Gasteiger partial charge is 0.337 e. The van der Waals surface area contributed by atoms with E-state index in [-0.39, 0.29) is 17.1 Å². The molecule has 0 heterocycles. The quantitative estimate of drug-likeness (QED) is 0.833. The van der Waals surface area contributed by atoms with Gasteiger partial charge in [-0.15, -0.1) is 0 Å². The fourth-order valence-corrected chi connectivity index (χ4v) is 1.86. The molecular weight excluding hydrogens is 247 g/mol. The van der Waals surface area contributed by atoms with Gasteiger partial charge in [0, 0.05) is 12.7 Å². The first-order valence-corrected chi connectivity index (χ1v) is 5.62. The van der Waals surface area contributed by atoms with E-state index >= 15 is 0 Å². The molecule has 0 aliphatic carbocycles. The van der Waals surface area contributed by atoms with Crippen LogP contribution in [-0.2, 0) is 0 Å². The summed E-state index contributed by atoms with van der Waals surface area (Å²) in [5, 5.41) is 9.03. The van der Waals surface area contributed by atoms with E-state index in [9.17, 15) is 9.18 Å². The largest absolute Gasteiger partial charge is 0.478 e. The lowest BCUT2D eigenvalue weighted by atomic mass is 10.1. The topological polar surface area (TPSA) is 66.6 Å². The zero-order valence-electron chi connectivity index (χ0n) is 10.3. The number of hydrogen-bond acceptors (Lipinski definition) is 3. The summed E-state index contributed by atoms with van der Waals surface area (Å²) in [6, 6.07) is 10.7. The predicted octanol–water partition coefficient (Wildman–Crippen LogP) is 2.87. The van der Waals surface area contributed by atoms with Gasteiger partial charge in [0.25, 0.3) is 0 Å². The number of nitrogen functional groups attached to an aromatic ring is 1. The van der Waals surface area contributed by atoms with E-state index < -0.39 is 5.97 Å². The number of aromatic carboxylic acids is 1. The first-order valence-electron chi connectivity index (χ1n) is 5.62. The summed E-state index contributed by atoms with van der Waals surface area (Å²) in [5.41, 5.74) is 7.14. The molecule has 0 fully saturated rings. The third-order valence-corrected chi connectivity index (χ3v) is 2.87. The Bertz CT molecular complexity index is 629. The summed E-state index contributed by atoms with van der Waals surface area (Å²) in [6.07, 6.45) is 0. The number of para-hydroxylation sites is 1. The second-order valence-corrected chi connectivity index (χ2v) is 4.08. The number of nitrogens with two attached hydrogens (primary N) is 1. The summed E-state index contributed by atoms with van der Waals surface area (Å²) in [4.78, 5) is 12.7. The number of rotatable bonds is 3. The van der Waals surface area contributed by atoms with E-state index in [1.807, 2.05) is 0 Å². The van der Waals surface area contributed by atoms with Gasteiger partial charge < -0.3 is 15.7 Å². The average molecular weight is 260 g/mol. The maximum Gasteiger partial charge on any atom is 0.337 e. The summed E-state index contributed by atoms with van der Waals surface area (Å²) in [7, 11) is 1.70. The molecule has 4 nitrogen and oxygen atoms in total. The number of carboxylic acids is 1. The third-order valence-electron chi connectivity index (χ3n) is 2.87. The van der Waals surface area contributed by atoms with Gasteiger partial charge >= 0.3 is 5.97 Å². The van der Waals surface area contributed by atoms with Crippen LogP contribution in [0.3, 0.4) is 0 Å². The van der Waals surface area contributed by atoms with Crippen molar-refractivity contribution < 1.29 is 14.3 Å². The van der Waals surface area contributed by atoms with Crippen molar-refractivity contribution in [3.8, 4) is 0 Å². The van der Waals surface area contributed by atoms with Crippen molar-refractivity contribution in [1.82, 2.24) is 0 Å². The van der Waals surface area contributed by atoms with Crippen LogP contribution >= 0.6 is 0 Å². The fraction of sp³-hybridized carbons (Fsp3) is 0.0714. The predicted molar refractivity (Wildman–Crippen MR) is 72.3 cm³/mol. The van der Waals surface area contributed by atoms with Gasteiger partial charge in [0.2, 0.25) is 0 Å². The minimum Gasteiger partial charge on any atom is -0.478 e. The third kappa shape index (κ3) is 2.49. The second-order valence-electron chi connectivity index (χ2n) is 4.08. The second kappa shape index (κ2) is 4.97. The van der Waals surface area contributed by atoms with Gasteiger partial charge in [-0.25, -0.2) is 9.18 Å². The molecule has 98 valence electrons. The highest BCUT2D eigenvalue weighted by atomic mass is 19.1. The Morgan fingerprint density at radius 3 is 2.58 bits per heavy atom. The summed E-state index contributed by atoms with van der Waals surface area (Å²) >= 11 is 0. The van der Waals surface area contributed by atoms with Crippen LogP contribution in [0.2, 0.25) is 0 Å². The molecule has 0 unspecified atom stereocenters. The number of halogens is 1. The monoisotopic (exact) mass is 260 g/mol. The Morgan fingerprint density at radius 1 is 1.26 bits per heavy atom. The molecule has 0 bridgehead atoms. The number of carboxylic acid groups (broad SMARTS) is 1. The molecule has 2 aromatic carbocycles. The fourth-order valence-electron chi connectivity index (χ4n) is 1.86. The lowest BCUT2D eigenvalue weighted by Gasteiger charge is -2.22. The molecule has 0 atom stereocenters. The minimum atomic E-state index is -1.09. The first-order chi connectivity index (χ1) is 9.00. The number of anilines is 3. The Kier molecular flexibility index (Phi) is 3.37. The SMILES string of the molecule is CN(c1cccc(F)c1)c1cccc(C(=O)O)c1N. The van der Waals surface area contributed by atoms with E-state index in [2.05, 4.69) is 0 Å². The van der Waals surface area contributed by atoms with Gasteiger partial charge in [-0.1, -0.05) is 12.1 Å². The molecule has 19 heavy (non-hydrogen) atoms. The molecule has 0 spiro atoms. The summed E-state index contributed by atoms with van der Waals surface area (Å²) < 4.78 is 13.2. The molecule has 0 amide bonds. The highest BCUT2D eigenvalue weighted by Gasteiger charge is 2.14. The molecule has 0 aromatic heterocycles. The van der Waals surface area contributed by atoms with Crippen LogP contribution in [0.25, 0.3) is 0 Å². The minimum absolute atomic E-state index is 0.0285. The van der Waals surface area contributed by atoms with Crippen LogP contribution in [0.5, 0.6) is 0 Å². The lowest BCUT2D eigenvalue weighted by molar-refractivity contribution is 0.0698. The van der Waals surface area contributed by atoms with E-state index in [1.165, 1.54) is 18.2 Å². The van der Waals surface area contributed by atoms with Crippen LogP contribution in [0.15, 0.2) is 42.5 Å². The van der Waals surface area contributed by atoms with Gasteiger partial charge in [-0.05, 0) is 30.3 Å². The number of carbonyl (C=O) groups is 1. The van der Waals surface area contributed by atoms with E-state index in [1.54, 1.807) is 36.2 Å². The van der Waals surface area contributed by atoms with Gasteiger partial charge in [0.05, 0.1) is 16.9 Å². The average Bonchev–Trinajstić information content (AvgIpc) is 2.38. The summed E-state index contributed by atoms with van der Waals surface area (Å²) in [6.45, 7) is 0. The molecule has 0 aliphatic rings. The normalized spacial score (nSPS) is 10.2.